The van der Waals surface area contributed by atoms with E-state index in [1.54, 1.807) is 18.6 Å². The third kappa shape index (κ3) is 14.0. The highest BCUT2D eigenvalue weighted by Crippen LogP contribution is 2.46. The second-order valence-corrected chi connectivity index (χ2v) is 26.1. The first-order chi connectivity index (χ1) is 38.8. The van der Waals surface area contributed by atoms with Crippen LogP contribution in [0.25, 0.3) is 31.7 Å². The number of halogens is 9. The Labute approximate surface area is 530 Å². The van der Waals surface area contributed by atoms with Crippen LogP contribution in [0.4, 0.5) is 0 Å². The Hall–Kier alpha value is -2.66. The minimum atomic E-state index is -0.424. The molecule has 0 saturated carbocycles. The van der Waals surface area contributed by atoms with E-state index < -0.39 is 21.2 Å². The third-order valence-electron chi connectivity index (χ3n) is 15.8. The highest BCUT2D eigenvalue weighted by molar-refractivity contribution is 9.15. The van der Waals surface area contributed by atoms with E-state index in [1.165, 1.54) is 16.7 Å². The topological polar surface area (TPSA) is 119 Å². The van der Waals surface area contributed by atoms with E-state index in [1.807, 2.05) is 75.1 Å². The van der Waals surface area contributed by atoms with Crippen LogP contribution in [0.15, 0.2) is 91.4 Å². The Morgan fingerprint density at radius 1 is 0.383 bits per heavy atom. The van der Waals surface area contributed by atoms with Gasteiger partial charge in [-0.15, -0.1) is 0 Å². The molecule has 12 rings (SSSR count). The molecule has 0 spiro atoms. The minimum Gasteiger partial charge on any atom is -0.437 e. The van der Waals surface area contributed by atoms with E-state index in [0.717, 1.165) is 142 Å². The van der Waals surface area contributed by atoms with Crippen molar-refractivity contribution in [3.8, 4) is 0 Å². The number of rotatable bonds is 6. The molecule has 3 aliphatic heterocycles. The van der Waals surface area contributed by atoms with Crippen molar-refractivity contribution in [2.45, 2.75) is 38.6 Å². The third-order valence-corrected chi connectivity index (χ3v) is 19.1. The number of aromatic nitrogens is 3. The number of nitrogens with zero attached hydrogens (tertiary/aromatic N) is 9. The molecule has 0 radical (unpaired) electrons. The van der Waals surface area contributed by atoms with Gasteiger partial charge in [0.05, 0.1) is 50.3 Å². The molecule has 3 atom stereocenters. The van der Waals surface area contributed by atoms with Crippen LogP contribution in [0, 0.1) is 0 Å². The molecule has 420 valence electrons. The number of benzene rings is 3. The molecule has 12 nitrogen and oxygen atoms in total. The lowest BCUT2D eigenvalue weighted by Gasteiger charge is -2.40. The molecule has 6 heterocycles. The second kappa shape index (κ2) is 26.9. The lowest BCUT2D eigenvalue weighted by Crippen LogP contribution is -2.52. The van der Waals surface area contributed by atoms with E-state index in [9.17, 15) is 15.1 Å². The van der Waals surface area contributed by atoms with Gasteiger partial charge in [-0.05, 0) is 127 Å². The number of pyridine rings is 3. The lowest BCUT2D eigenvalue weighted by molar-refractivity contribution is 0.144. The van der Waals surface area contributed by atoms with Gasteiger partial charge in [0.1, 0.15) is 0 Å². The number of hydrogen-bond donors (Lipinski definition) is 3. The zero-order valence-corrected chi connectivity index (χ0v) is 53.9. The summed E-state index contributed by atoms with van der Waals surface area (Å²) in [4.78, 5) is 27.6. The van der Waals surface area contributed by atoms with Crippen molar-refractivity contribution in [2.75, 3.05) is 78.5 Å². The van der Waals surface area contributed by atoms with Crippen LogP contribution in [0.3, 0.4) is 0 Å². The summed E-state index contributed by atoms with van der Waals surface area (Å²) in [6, 6.07) is 23.9. The second-order valence-electron chi connectivity index (χ2n) is 20.9. The molecule has 0 amide bonds. The molecule has 3 fully saturated rings. The van der Waals surface area contributed by atoms with Crippen LogP contribution < -0.4 is 0 Å². The molecule has 81 heavy (non-hydrogen) atoms. The van der Waals surface area contributed by atoms with Gasteiger partial charge in [0, 0.05) is 142 Å². The zero-order chi connectivity index (χ0) is 57.4. The van der Waals surface area contributed by atoms with Gasteiger partial charge in [-0.2, -0.15) is 0 Å². The van der Waals surface area contributed by atoms with Gasteiger partial charge < -0.3 is 29.5 Å². The maximum Gasteiger partial charge on any atom is 0.376 e. The van der Waals surface area contributed by atoms with Crippen molar-refractivity contribution >= 4 is 170 Å². The molecule has 6 aromatic rings. The Bertz CT molecular complexity index is 3050. The van der Waals surface area contributed by atoms with Gasteiger partial charge in [0.15, 0.2) is 0 Å². The van der Waals surface area contributed by atoms with Crippen LogP contribution in [-0.4, -0.2) is 159 Å². The molecule has 3 N–H and O–H groups in total. The van der Waals surface area contributed by atoms with Gasteiger partial charge in [-0.3, -0.25) is 29.7 Å². The van der Waals surface area contributed by atoms with Crippen LogP contribution in [0.1, 0.15) is 85.3 Å². The van der Waals surface area contributed by atoms with Crippen molar-refractivity contribution < 1.29 is 15.1 Å². The van der Waals surface area contributed by atoms with E-state index in [0.29, 0.717) is 30.1 Å². The van der Waals surface area contributed by atoms with E-state index in [2.05, 4.69) is 113 Å². The first-order valence-electron chi connectivity index (χ1n) is 26.8. The summed E-state index contributed by atoms with van der Waals surface area (Å²) in [6.45, 7) is 15.4. The Kier molecular flexibility index (Phi) is 20.4. The largest absolute Gasteiger partial charge is 0.437 e. The average Bonchev–Trinajstić information content (AvgIpc) is 3.93. The SMILES string of the molecule is CB(O)N1CCN(C2c3ccc(Cl)cc3C(Br)=Cc3cc(Cl)cnc32)CC1.CB(O)N1CCN([C@@H]2c3ccc(Cl)cc3C(Br)=Cc3cc(Cl)cnc32)CC1.CB(O)N1CCN([C@H]2c3ccc(Cl)cc3C(Br)=Cc3cc(Cl)cnc32)CC1. The fraction of sp³-hybridized carbons (Fsp3) is 0.316. The predicted molar refractivity (Wildman–Crippen MR) is 349 cm³/mol. The smallest absolute Gasteiger partial charge is 0.376 e. The predicted octanol–water partition coefficient (Wildman–Crippen LogP) is 13.2. The molecule has 24 heteroatoms. The summed E-state index contributed by atoms with van der Waals surface area (Å²) >= 11 is 48.7. The summed E-state index contributed by atoms with van der Waals surface area (Å²) in [7, 11) is -1.27. The van der Waals surface area contributed by atoms with E-state index >= 15 is 0 Å². The lowest BCUT2D eigenvalue weighted by atomic mass is 9.84. The fourth-order valence-corrected chi connectivity index (χ4v) is 14.4. The Balaban J connectivity index is 0.000000136. The molecule has 3 saturated heterocycles. The molecule has 3 aromatic carbocycles. The van der Waals surface area contributed by atoms with Gasteiger partial charge in [-0.1, -0.05) is 136 Å². The normalized spacial score (nSPS) is 20.5. The monoisotopic (exact) mass is 1400 g/mol. The van der Waals surface area contributed by atoms with Gasteiger partial charge >= 0.3 is 21.2 Å². The van der Waals surface area contributed by atoms with Crippen LogP contribution in [0.2, 0.25) is 50.6 Å². The summed E-state index contributed by atoms with van der Waals surface area (Å²) in [5.74, 6) is 0. The highest BCUT2D eigenvalue weighted by Gasteiger charge is 2.37. The van der Waals surface area contributed by atoms with E-state index in [-0.39, 0.29) is 18.1 Å². The fourth-order valence-electron chi connectivity index (χ4n) is 11.7. The Morgan fingerprint density at radius 3 is 0.864 bits per heavy atom. The summed E-state index contributed by atoms with van der Waals surface area (Å²) in [6.07, 6.45) is 11.3. The summed E-state index contributed by atoms with van der Waals surface area (Å²) in [5, 5.41) is 33.6. The summed E-state index contributed by atoms with van der Waals surface area (Å²) < 4.78 is 2.90. The van der Waals surface area contributed by atoms with Crippen molar-refractivity contribution in [1.29, 1.82) is 0 Å². The molecular formula is C57H57B3Br3Cl6N9O3. The van der Waals surface area contributed by atoms with Gasteiger partial charge in [0.2, 0.25) is 0 Å². The molecule has 1 unspecified atom stereocenters. The highest BCUT2D eigenvalue weighted by atomic mass is 79.9. The van der Waals surface area contributed by atoms with Crippen LogP contribution >= 0.6 is 117 Å². The standard InChI is InChI=1S/3C19H19BBrCl2N3O/c3*1-20(27)26-6-4-25(5-7-26)19-15-3-2-13(22)10-16(15)17(21)9-12-8-14(23)11-24-18(12)19/h3*2-3,8-11,19,27H,4-7H2,1H3/t2*19-;/m10./s1. The molecule has 0 bridgehead atoms. The Morgan fingerprint density at radius 2 is 0.630 bits per heavy atom. The number of piperazine rings is 3. The van der Waals surface area contributed by atoms with Crippen LogP contribution in [-0.2, 0) is 0 Å². The number of hydrogen-bond acceptors (Lipinski definition) is 12. The van der Waals surface area contributed by atoms with Gasteiger partial charge in [-0.25, -0.2) is 0 Å². The van der Waals surface area contributed by atoms with Crippen molar-refractivity contribution in [2.24, 2.45) is 0 Å². The van der Waals surface area contributed by atoms with Crippen molar-refractivity contribution in [1.82, 2.24) is 44.1 Å². The first-order valence-corrected chi connectivity index (χ1v) is 31.4. The van der Waals surface area contributed by atoms with Crippen molar-refractivity contribution in [3.05, 3.63) is 189 Å². The maximum absolute atomic E-state index is 9.88. The van der Waals surface area contributed by atoms with E-state index in [4.69, 9.17) is 84.6 Å². The quantitative estimate of drug-likeness (QED) is 0.138. The van der Waals surface area contributed by atoms with Gasteiger partial charge in [0.25, 0.3) is 0 Å². The molecule has 3 aromatic heterocycles. The molecule has 3 aliphatic carbocycles. The average molecular weight is 1400 g/mol. The first kappa shape index (κ1) is 61.4. The summed E-state index contributed by atoms with van der Waals surface area (Å²) in [5.41, 5.74) is 12.7. The minimum absolute atomic E-state index is 0.00647. The number of fused-ring (bicyclic) bond motifs is 6. The zero-order valence-electron chi connectivity index (χ0n) is 44.6. The van der Waals surface area contributed by atoms with Crippen molar-refractivity contribution in [3.63, 3.8) is 0 Å². The maximum atomic E-state index is 9.88. The van der Waals surface area contributed by atoms with Crippen LogP contribution in [0.5, 0.6) is 0 Å². The molecular weight excluding hydrogens is 1340 g/mol. The molecule has 6 aliphatic rings.